The number of hydrogen-bond donors (Lipinski definition) is 3. The quantitative estimate of drug-likeness (QED) is 0.289. The number of fused-ring (bicyclic) bond motifs is 1. The summed E-state index contributed by atoms with van der Waals surface area (Å²) in [6, 6.07) is 18.0. The van der Waals surface area contributed by atoms with E-state index >= 15 is 0 Å². The molecule has 0 saturated heterocycles. The second-order valence-electron chi connectivity index (χ2n) is 8.22. The minimum absolute atomic E-state index is 0.184. The highest BCUT2D eigenvalue weighted by molar-refractivity contribution is 6.35. The molecule has 0 saturated carbocycles. The van der Waals surface area contributed by atoms with Gasteiger partial charge in [-0.25, -0.2) is 19.9 Å². The lowest BCUT2D eigenvalue weighted by molar-refractivity contribution is 0.281. The zero-order valence-corrected chi connectivity index (χ0v) is 20.9. The minimum atomic E-state index is -0.241. The minimum Gasteiger partial charge on any atom is -0.392 e. The first-order valence-electron chi connectivity index (χ1n) is 11.7. The monoisotopic (exact) mass is 523 g/mol. The third-order valence-corrected chi connectivity index (χ3v) is 6.13. The Balaban J connectivity index is 1.47. The molecule has 0 aliphatic rings. The number of hydrogen-bond acceptors (Lipinski definition) is 8. The Labute approximate surface area is 223 Å². The van der Waals surface area contributed by atoms with E-state index in [4.69, 9.17) is 22.3 Å². The van der Waals surface area contributed by atoms with Crippen LogP contribution < -0.4 is 16.6 Å². The molecule has 38 heavy (non-hydrogen) atoms. The molecule has 0 atom stereocenters. The number of anilines is 2. The molecule has 9 nitrogen and oxygen atoms in total. The Morgan fingerprint density at radius 2 is 1.84 bits per heavy atom. The van der Waals surface area contributed by atoms with Gasteiger partial charge < -0.3 is 16.2 Å². The Kier molecular flexibility index (Phi) is 7.26. The summed E-state index contributed by atoms with van der Waals surface area (Å²) < 4.78 is 1.57. The predicted molar refractivity (Wildman–Crippen MR) is 147 cm³/mol. The van der Waals surface area contributed by atoms with Gasteiger partial charge in [-0.15, -0.1) is 0 Å². The van der Waals surface area contributed by atoms with Gasteiger partial charge in [-0.1, -0.05) is 47.9 Å². The van der Waals surface area contributed by atoms with E-state index in [9.17, 15) is 9.90 Å². The van der Waals surface area contributed by atoms with Crippen molar-refractivity contribution in [1.82, 2.24) is 24.5 Å². The number of aromatic nitrogens is 5. The Morgan fingerprint density at radius 3 is 2.66 bits per heavy atom. The largest absolute Gasteiger partial charge is 0.392 e. The number of halogens is 1. The zero-order valence-electron chi connectivity index (χ0n) is 20.1. The van der Waals surface area contributed by atoms with Gasteiger partial charge in [0.05, 0.1) is 28.2 Å². The fourth-order valence-corrected chi connectivity index (χ4v) is 4.25. The van der Waals surface area contributed by atoms with Gasteiger partial charge in [-0.05, 0) is 36.3 Å². The third kappa shape index (κ3) is 5.04. The highest BCUT2D eigenvalue weighted by Gasteiger charge is 2.15. The molecule has 5 rings (SSSR count). The molecule has 0 unspecified atom stereocenters. The van der Waals surface area contributed by atoms with Crippen molar-refractivity contribution in [2.45, 2.75) is 13.0 Å². The van der Waals surface area contributed by atoms with Crippen molar-refractivity contribution in [3.8, 4) is 17.5 Å². The van der Waals surface area contributed by atoms with Gasteiger partial charge in [0.2, 0.25) is 0 Å². The van der Waals surface area contributed by atoms with E-state index in [2.05, 4.69) is 32.1 Å². The average Bonchev–Trinajstić information content (AvgIpc) is 2.93. The van der Waals surface area contributed by atoms with Crippen LogP contribution in [0.5, 0.6) is 0 Å². The third-order valence-electron chi connectivity index (χ3n) is 5.82. The van der Waals surface area contributed by atoms with Crippen molar-refractivity contribution >= 4 is 34.1 Å². The van der Waals surface area contributed by atoms with Crippen LogP contribution in [0.2, 0.25) is 5.02 Å². The molecule has 3 heterocycles. The molecule has 5 aromatic rings. The zero-order chi connectivity index (χ0) is 26.5. The number of nitrogen functional groups attached to an aromatic ring is 1. The molecule has 3 aromatic heterocycles. The smallest absolute Gasteiger partial charge is 0.267 e. The van der Waals surface area contributed by atoms with Crippen LogP contribution in [-0.2, 0) is 13.0 Å². The molecular formula is C28H22ClN7O2. The summed E-state index contributed by atoms with van der Waals surface area (Å²) in [6.07, 6.45) is 3.33. The van der Waals surface area contributed by atoms with E-state index in [0.29, 0.717) is 63.0 Å². The molecular weight excluding hydrogens is 502 g/mol. The first-order chi connectivity index (χ1) is 18.6. The van der Waals surface area contributed by atoms with Crippen LogP contribution >= 0.6 is 11.6 Å². The molecule has 2 aromatic carbocycles. The number of pyridine rings is 1. The first kappa shape index (κ1) is 24.9. The summed E-state index contributed by atoms with van der Waals surface area (Å²) >= 11 is 6.36. The van der Waals surface area contributed by atoms with E-state index in [0.717, 1.165) is 0 Å². The van der Waals surface area contributed by atoms with E-state index in [1.807, 2.05) is 30.3 Å². The van der Waals surface area contributed by atoms with Gasteiger partial charge in [0.1, 0.15) is 35.0 Å². The van der Waals surface area contributed by atoms with Crippen LogP contribution in [-0.4, -0.2) is 36.2 Å². The number of rotatable bonds is 6. The maximum absolute atomic E-state index is 13.5. The maximum Gasteiger partial charge on any atom is 0.267 e. The SMILES string of the molecule is Nc1ncnc(NCCc2nc3cccc(Cl)c3c(=O)n2-c2ccccc2)c1C#Cc1ncccc1CO. The molecule has 188 valence electrons. The summed E-state index contributed by atoms with van der Waals surface area (Å²) in [7, 11) is 0. The molecule has 0 bridgehead atoms. The van der Waals surface area contributed by atoms with Crippen LogP contribution in [0.4, 0.5) is 11.6 Å². The van der Waals surface area contributed by atoms with E-state index in [1.165, 1.54) is 6.33 Å². The molecule has 10 heteroatoms. The van der Waals surface area contributed by atoms with Gasteiger partial charge in [0, 0.05) is 24.7 Å². The summed E-state index contributed by atoms with van der Waals surface area (Å²) in [6.45, 7) is 0.193. The standard InChI is InChI=1S/C28H22ClN7O2/c29-21-9-4-10-23-25(21)28(38)36(19-7-2-1-3-8-19)24(35-23)13-15-32-27-20(26(30)33-17-34-27)11-12-22-18(16-37)6-5-14-31-22/h1-10,14,17,37H,13,15-16H2,(H3,30,32,33,34). The van der Waals surface area contributed by atoms with Gasteiger partial charge in [0.15, 0.2) is 0 Å². The van der Waals surface area contributed by atoms with Gasteiger partial charge >= 0.3 is 0 Å². The van der Waals surface area contributed by atoms with E-state index in [-0.39, 0.29) is 18.0 Å². The van der Waals surface area contributed by atoms with Crippen molar-refractivity contribution in [1.29, 1.82) is 0 Å². The van der Waals surface area contributed by atoms with Crippen molar-refractivity contribution in [2.75, 3.05) is 17.6 Å². The second kappa shape index (κ2) is 11.1. The van der Waals surface area contributed by atoms with Crippen LogP contribution in [0.25, 0.3) is 16.6 Å². The fourth-order valence-electron chi connectivity index (χ4n) is 4.00. The van der Waals surface area contributed by atoms with Gasteiger partial charge in [0.25, 0.3) is 5.56 Å². The number of aliphatic hydroxyl groups excluding tert-OH is 1. The summed E-state index contributed by atoms with van der Waals surface area (Å²) in [5, 5.41) is 13.5. The first-order valence-corrected chi connectivity index (χ1v) is 12.1. The van der Waals surface area contributed by atoms with Crippen LogP contribution in [0.15, 0.2) is 78.0 Å². The van der Waals surface area contributed by atoms with Crippen molar-refractivity contribution < 1.29 is 5.11 Å². The lowest BCUT2D eigenvalue weighted by Crippen LogP contribution is -2.25. The highest BCUT2D eigenvalue weighted by Crippen LogP contribution is 2.21. The maximum atomic E-state index is 13.5. The Bertz CT molecular complexity index is 1740. The lowest BCUT2D eigenvalue weighted by Gasteiger charge is -2.15. The van der Waals surface area contributed by atoms with Crippen molar-refractivity contribution in [2.24, 2.45) is 0 Å². The molecule has 0 spiro atoms. The molecule has 0 aliphatic carbocycles. The number of nitrogens with one attached hydrogen (secondary N) is 1. The molecule has 0 radical (unpaired) electrons. The van der Waals surface area contributed by atoms with Crippen LogP contribution in [0.1, 0.15) is 22.6 Å². The number of nitrogens with two attached hydrogens (primary N) is 1. The van der Waals surface area contributed by atoms with E-state index in [1.54, 1.807) is 41.1 Å². The summed E-state index contributed by atoms with van der Waals surface area (Å²) in [4.78, 5) is 30.8. The number of para-hydroxylation sites is 1. The average molecular weight is 524 g/mol. The van der Waals surface area contributed by atoms with Crippen molar-refractivity contribution in [3.05, 3.63) is 111 Å². The second-order valence-corrected chi connectivity index (χ2v) is 8.62. The highest BCUT2D eigenvalue weighted by atomic mass is 35.5. The fraction of sp³-hybridized carbons (Fsp3) is 0.107. The Morgan fingerprint density at radius 1 is 1.00 bits per heavy atom. The van der Waals surface area contributed by atoms with Gasteiger partial charge in [-0.2, -0.15) is 0 Å². The molecule has 0 aliphatic heterocycles. The Hall–Kier alpha value is -4.78. The molecule has 4 N–H and O–H groups in total. The van der Waals surface area contributed by atoms with E-state index < -0.39 is 0 Å². The van der Waals surface area contributed by atoms with Gasteiger partial charge in [-0.3, -0.25) is 9.36 Å². The number of aliphatic hydroxyl groups is 1. The van der Waals surface area contributed by atoms with Crippen LogP contribution in [0, 0.1) is 11.8 Å². The number of nitrogens with zero attached hydrogens (tertiary/aromatic N) is 5. The summed E-state index contributed by atoms with van der Waals surface area (Å²) in [5.74, 6) is 7.11. The lowest BCUT2D eigenvalue weighted by atomic mass is 10.2. The predicted octanol–water partition coefficient (Wildman–Crippen LogP) is 3.35. The topological polar surface area (TPSA) is 132 Å². The molecule has 0 fully saturated rings. The van der Waals surface area contributed by atoms with Crippen LogP contribution in [0.3, 0.4) is 0 Å². The number of benzene rings is 2. The normalized spacial score (nSPS) is 10.7. The molecule has 0 amide bonds. The van der Waals surface area contributed by atoms with Crippen molar-refractivity contribution in [3.63, 3.8) is 0 Å². The summed E-state index contributed by atoms with van der Waals surface area (Å²) in [5.41, 5.74) is 8.52.